The summed E-state index contributed by atoms with van der Waals surface area (Å²) in [7, 11) is -3.14. The lowest BCUT2D eigenvalue weighted by atomic mass is 10.2. The first-order chi connectivity index (χ1) is 8.11. The normalized spacial score (nSPS) is 11.3. The number of nitrogens with zero attached hydrogens (tertiary/aromatic N) is 1. The number of carboxylic acids is 1. The lowest BCUT2D eigenvalue weighted by Crippen LogP contribution is -2.45. The summed E-state index contributed by atoms with van der Waals surface area (Å²) in [6.07, 6.45) is 1.07. The van der Waals surface area contributed by atoms with E-state index >= 15 is 0 Å². The van der Waals surface area contributed by atoms with Gasteiger partial charge in [-0.25, -0.2) is 13.2 Å². The highest BCUT2D eigenvalue weighted by atomic mass is 32.2. The maximum absolute atomic E-state index is 11.7. The number of hydrogen-bond donors (Lipinski definition) is 2. The average Bonchev–Trinajstić information content (AvgIpc) is 2.12. The highest BCUT2D eigenvalue weighted by Crippen LogP contribution is 1.99. The zero-order valence-electron chi connectivity index (χ0n) is 10.8. The maximum atomic E-state index is 11.7. The second-order valence-corrected chi connectivity index (χ2v) is 6.79. The van der Waals surface area contributed by atoms with Gasteiger partial charge < -0.3 is 15.3 Å². The molecule has 0 aliphatic rings. The number of carbonyl (C=O) groups excluding carboxylic acids is 1. The van der Waals surface area contributed by atoms with Crippen LogP contribution >= 0.6 is 0 Å². The van der Waals surface area contributed by atoms with E-state index in [4.69, 9.17) is 5.11 Å². The average molecular weight is 280 g/mol. The van der Waals surface area contributed by atoms with Crippen molar-refractivity contribution in [3.05, 3.63) is 0 Å². The number of aliphatic carboxylic acids is 1. The minimum absolute atomic E-state index is 0.0219. The molecule has 0 aromatic heterocycles. The topological polar surface area (TPSA) is 104 Å². The van der Waals surface area contributed by atoms with Gasteiger partial charge in [0.25, 0.3) is 0 Å². The van der Waals surface area contributed by atoms with Gasteiger partial charge in [0.15, 0.2) is 0 Å². The molecule has 2 amide bonds. The Balaban J connectivity index is 4.33. The molecule has 0 radical (unpaired) electrons. The van der Waals surface area contributed by atoms with Gasteiger partial charge >= 0.3 is 12.0 Å². The van der Waals surface area contributed by atoms with Gasteiger partial charge in [0, 0.05) is 19.3 Å². The first-order valence-electron chi connectivity index (χ1n) is 5.54. The Kier molecular flexibility index (Phi) is 6.67. The molecule has 0 saturated heterocycles. The van der Waals surface area contributed by atoms with Gasteiger partial charge in [-0.1, -0.05) is 13.8 Å². The van der Waals surface area contributed by atoms with Crippen molar-refractivity contribution in [2.75, 3.05) is 31.6 Å². The van der Waals surface area contributed by atoms with Gasteiger partial charge in [-0.3, -0.25) is 4.79 Å². The molecule has 7 nitrogen and oxygen atoms in total. The minimum Gasteiger partial charge on any atom is -0.480 e. The van der Waals surface area contributed by atoms with Crippen LogP contribution in [0.1, 0.15) is 13.8 Å². The molecule has 0 saturated carbocycles. The van der Waals surface area contributed by atoms with Crippen LogP contribution in [0.25, 0.3) is 0 Å². The molecule has 0 heterocycles. The quantitative estimate of drug-likeness (QED) is 0.671. The van der Waals surface area contributed by atoms with E-state index in [0.29, 0.717) is 6.54 Å². The van der Waals surface area contributed by atoms with E-state index in [-0.39, 0.29) is 18.2 Å². The summed E-state index contributed by atoms with van der Waals surface area (Å²) in [6.45, 7) is 3.60. The van der Waals surface area contributed by atoms with Crippen molar-refractivity contribution in [1.29, 1.82) is 0 Å². The predicted octanol–water partition coefficient (Wildman–Crippen LogP) is -0.217. The fourth-order valence-corrected chi connectivity index (χ4v) is 1.75. The zero-order chi connectivity index (χ0) is 14.3. The Morgan fingerprint density at radius 1 is 1.33 bits per heavy atom. The molecule has 106 valence electrons. The van der Waals surface area contributed by atoms with Crippen molar-refractivity contribution in [3.63, 3.8) is 0 Å². The van der Waals surface area contributed by atoms with Gasteiger partial charge in [0.05, 0.1) is 5.75 Å². The van der Waals surface area contributed by atoms with Crippen LogP contribution in [0, 0.1) is 5.92 Å². The molecule has 0 bridgehead atoms. The van der Waals surface area contributed by atoms with E-state index in [0.717, 1.165) is 11.2 Å². The highest BCUT2D eigenvalue weighted by molar-refractivity contribution is 7.90. The van der Waals surface area contributed by atoms with Gasteiger partial charge in [-0.05, 0) is 5.92 Å². The van der Waals surface area contributed by atoms with Crippen LogP contribution < -0.4 is 5.32 Å². The monoisotopic (exact) mass is 280 g/mol. The van der Waals surface area contributed by atoms with Gasteiger partial charge in [0.1, 0.15) is 16.4 Å². The number of carboxylic acid groups (broad SMARTS) is 1. The number of nitrogens with one attached hydrogen (secondary N) is 1. The van der Waals surface area contributed by atoms with Gasteiger partial charge in [-0.15, -0.1) is 0 Å². The molecular weight excluding hydrogens is 260 g/mol. The Morgan fingerprint density at radius 3 is 2.28 bits per heavy atom. The maximum Gasteiger partial charge on any atom is 0.323 e. The van der Waals surface area contributed by atoms with Crippen LogP contribution in [0.5, 0.6) is 0 Å². The van der Waals surface area contributed by atoms with Gasteiger partial charge in [-0.2, -0.15) is 0 Å². The van der Waals surface area contributed by atoms with E-state index in [2.05, 4.69) is 5.32 Å². The van der Waals surface area contributed by atoms with Crippen LogP contribution in [-0.2, 0) is 14.6 Å². The van der Waals surface area contributed by atoms with Crippen LogP contribution in [0.2, 0.25) is 0 Å². The van der Waals surface area contributed by atoms with Crippen LogP contribution in [0.3, 0.4) is 0 Å². The summed E-state index contributed by atoms with van der Waals surface area (Å²) in [4.78, 5) is 23.4. The molecule has 18 heavy (non-hydrogen) atoms. The first kappa shape index (κ1) is 16.7. The fourth-order valence-electron chi connectivity index (χ4n) is 1.28. The predicted molar refractivity (Wildman–Crippen MR) is 67.2 cm³/mol. The Labute approximate surface area is 107 Å². The Bertz CT molecular complexity index is 391. The summed E-state index contributed by atoms with van der Waals surface area (Å²) in [5.41, 5.74) is 0. The molecule has 0 fully saturated rings. The lowest BCUT2D eigenvalue weighted by molar-refractivity contribution is -0.137. The summed E-state index contributed by atoms with van der Waals surface area (Å²) in [5, 5.41) is 11.1. The second kappa shape index (κ2) is 7.20. The van der Waals surface area contributed by atoms with Crippen LogP contribution in [-0.4, -0.2) is 62.1 Å². The summed E-state index contributed by atoms with van der Waals surface area (Å²) in [6, 6.07) is -0.560. The van der Waals surface area contributed by atoms with Gasteiger partial charge in [0.2, 0.25) is 0 Å². The molecule has 0 unspecified atom stereocenters. The number of sulfone groups is 1. The number of carbonyl (C=O) groups is 2. The van der Waals surface area contributed by atoms with Crippen molar-refractivity contribution in [1.82, 2.24) is 10.2 Å². The summed E-state index contributed by atoms with van der Waals surface area (Å²) in [5.74, 6) is -1.14. The zero-order valence-corrected chi connectivity index (χ0v) is 11.7. The van der Waals surface area contributed by atoms with Crippen molar-refractivity contribution in [2.24, 2.45) is 5.92 Å². The molecule has 2 N–H and O–H groups in total. The van der Waals surface area contributed by atoms with Crippen molar-refractivity contribution in [2.45, 2.75) is 13.8 Å². The molecule has 0 atom stereocenters. The summed E-state index contributed by atoms with van der Waals surface area (Å²) >= 11 is 0. The van der Waals surface area contributed by atoms with E-state index in [1.807, 2.05) is 13.8 Å². The first-order valence-corrected chi connectivity index (χ1v) is 7.60. The molecule has 0 spiro atoms. The third-order valence-electron chi connectivity index (χ3n) is 1.95. The fraction of sp³-hybridized carbons (Fsp3) is 0.800. The van der Waals surface area contributed by atoms with Crippen LogP contribution in [0.4, 0.5) is 4.79 Å². The largest absolute Gasteiger partial charge is 0.480 e. The molecule has 0 rings (SSSR count). The lowest BCUT2D eigenvalue weighted by Gasteiger charge is -2.22. The van der Waals surface area contributed by atoms with E-state index in [9.17, 15) is 18.0 Å². The van der Waals surface area contributed by atoms with E-state index in [1.54, 1.807) is 0 Å². The molecule has 0 aliphatic carbocycles. The van der Waals surface area contributed by atoms with Crippen molar-refractivity contribution >= 4 is 21.8 Å². The third kappa shape index (κ3) is 8.80. The Morgan fingerprint density at radius 2 is 1.89 bits per heavy atom. The summed E-state index contributed by atoms with van der Waals surface area (Å²) < 4.78 is 21.8. The third-order valence-corrected chi connectivity index (χ3v) is 2.89. The highest BCUT2D eigenvalue weighted by Gasteiger charge is 2.17. The molecular formula is C10H20N2O5S. The number of hydrogen-bond acceptors (Lipinski definition) is 4. The molecule has 8 heteroatoms. The molecule has 0 aromatic rings. The smallest absolute Gasteiger partial charge is 0.323 e. The van der Waals surface area contributed by atoms with Crippen molar-refractivity contribution in [3.8, 4) is 0 Å². The SMILES string of the molecule is CC(C)CN(CC(=O)O)C(=O)NCCS(C)(=O)=O. The molecule has 0 aliphatic heterocycles. The number of urea groups is 1. The van der Waals surface area contributed by atoms with Crippen molar-refractivity contribution < 1.29 is 23.1 Å². The molecule has 0 aromatic carbocycles. The Hall–Kier alpha value is -1.31. The van der Waals surface area contributed by atoms with Crippen LogP contribution in [0.15, 0.2) is 0 Å². The second-order valence-electron chi connectivity index (χ2n) is 4.53. The standard InChI is InChI=1S/C10H20N2O5S/c1-8(2)6-12(7-9(13)14)10(15)11-4-5-18(3,16)17/h8H,4-7H2,1-3H3,(H,11,15)(H,13,14). The minimum atomic E-state index is -3.14. The number of amides is 2. The van der Waals surface area contributed by atoms with E-state index < -0.39 is 28.4 Å². The van der Waals surface area contributed by atoms with E-state index in [1.165, 1.54) is 0 Å². The number of rotatable bonds is 7.